The predicted molar refractivity (Wildman–Crippen MR) is 51.4 cm³/mol. The first-order valence-corrected chi connectivity index (χ1v) is 5.02. The zero-order valence-electron chi connectivity index (χ0n) is 8.18. The summed E-state index contributed by atoms with van der Waals surface area (Å²) in [6, 6.07) is 0. The molecule has 70 valence electrons. The van der Waals surface area contributed by atoms with Crippen LogP contribution in [0.3, 0.4) is 0 Å². The lowest BCUT2D eigenvalue weighted by atomic mass is 10.1. The van der Waals surface area contributed by atoms with E-state index in [1.54, 1.807) is 0 Å². The van der Waals surface area contributed by atoms with E-state index in [0.29, 0.717) is 6.10 Å². The van der Waals surface area contributed by atoms with E-state index < -0.39 is 0 Å². The van der Waals surface area contributed by atoms with E-state index in [9.17, 15) is 0 Å². The smallest absolute Gasteiger partial charge is 0.132 e. The van der Waals surface area contributed by atoms with Gasteiger partial charge in [-0.1, -0.05) is 31.3 Å². The van der Waals surface area contributed by atoms with Crippen molar-refractivity contribution in [3.05, 3.63) is 0 Å². The van der Waals surface area contributed by atoms with E-state index in [1.165, 1.54) is 32.1 Å². The molecule has 1 aliphatic rings. The molecule has 1 aliphatic heterocycles. The van der Waals surface area contributed by atoms with Gasteiger partial charge in [0.05, 0.1) is 5.71 Å². The molecule has 0 saturated heterocycles. The topological polar surface area (TPSA) is 21.6 Å². The molecule has 0 aliphatic carbocycles. The fraction of sp³-hybridized carbons (Fsp3) is 0.900. The summed E-state index contributed by atoms with van der Waals surface area (Å²) in [7, 11) is 0. The monoisotopic (exact) mass is 169 g/mol. The van der Waals surface area contributed by atoms with Crippen molar-refractivity contribution < 1.29 is 4.84 Å². The van der Waals surface area contributed by atoms with E-state index in [4.69, 9.17) is 4.84 Å². The molecular weight excluding hydrogens is 150 g/mol. The summed E-state index contributed by atoms with van der Waals surface area (Å²) >= 11 is 0. The number of nitrogens with zero attached hydrogens (tertiary/aromatic N) is 1. The summed E-state index contributed by atoms with van der Waals surface area (Å²) < 4.78 is 0. The van der Waals surface area contributed by atoms with Crippen LogP contribution in [0.15, 0.2) is 5.16 Å². The summed E-state index contributed by atoms with van der Waals surface area (Å²) in [5.41, 5.74) is 1.15. The zero-order valence-corrected chi connectivity index (χ0v) is 8.18. The molecule has 2 nitrogen and oxygen atoms in total. The molecule has 0 N–H and O–H groups in total. The summed E-state index contributed by atoms with van der Waals surface area (Å²) in [6.07, 6.45) is 7.92. The van der Waals surface area contributed by atoms with Gasteiger partial charge in [-0.2, -0.15) is 0 Å². The average Bonchev–Trinajstić information content (AvgIpc) is 2.45. The first-order valence-electron chi connectivity index (χ1n) is 5.02. The maximum atomic E-state index is 5.23. The molecule has 1 atom stereocenters. The minimum Gasteiger partial charge on any atom is -0.392 e. The van der Waals surface area contributed by atoms with Crippen LogP contribution in [0.5, 0.6) is 0 Å². The van der Waals surface area contributed by atoms with Gasteiger partial charge in [-0.05, 0) is 19.8 Å². The Morgan fingerprint density at radius 2 is 2.25 bits per heavy atom. The second-order valence-corrected chi connectivity index (χ2v) is 3.61. The average molecular weight is 169 g/mol. The van der Waals surface area contributed by atoms with Crippen LogP contribution < -0.4 is 0 Å². The summed E-state index contributed by atoms with van der Waals surface area (Å²) in [6.45, 7) is 4.27. The molecule has 1 unspecified atom stereocenters. The molecule has 0 spiro atoms. The molecule has 0 radical (unpaired) electrons. The number of oxime groups is 1. The Bertz CT molecular complexity index is 154. The van der Waals surface area contributed by atoms with Crippen LogP contribution in [0.4, 0.5) is 0 Å². The Morgan fingerprint density at radius 1 is 1.42 bits per heavy atom. The molecule has 12 heavy (non-hydrogen) atoms. The number of unbranched alkanes of at least 4 members (excludes halogenated alkanes) is 3. The quantitative estimate of drug-likeness (QED) is 0.579. The molecule has 0 amide bonds. The maximum Gasteiger partial charge on any atom is 0.132 e. The summed E-state index contributed by atoms with van der Waals surface area (Å²) in [5.74, 6) is 0. The van der Waals surface area contributed by atoms with E-state index in [-0.39, 0.29) is 0 Å². The van der Waals surface area contributed by atoms with Gasteiger partial charge in [-0.3, -0.25) is 0 Å². The summed E-state index contributed by atoms with van der Waals surface area (Å²) in [4.78, 5) is 5.23. The van der Waals surface area contributed by atoms with Gasteiger partial charge in [0.1, 0.15) is 6.10 Å². The highest BCUT2D eigenvalue weighted by atomic mass is 16.6. The standard InChI is InChI=1S/C10H19NO/c1-3-4-5-6-7-10-8-9(2)11-12-10/h10H,3-8H2,1-2H3. The number of hydrogen-bond acceptors (Lipinski definition) is 2. The van der Waals surface area contributed by atoms with E-state index >= 15 is 0 Å². The molecule has 0 aromatic carbocycles. The van der Waals surface area contributed by atoms with Crippen molar-refractivity contribution in [2.75, 3.05) is 0 Å². The van der Waals surface area contributed by atoms with Crippen LogP contribution in [-0.2, 0) is 4.84 Å². The first kappa shape index (κ1) is 9.56. The van der Waals surface area contributed by atoms with Crippen LogP contribution in [0.2, 0.25) is 0 Å². The van der Waals surface area contributed by atoms with Gasteiger partial charge in [0.25, 0.3) is 0 Å². The van der Waals surface area contributed by atoms with Crippen LogP contribution in [0.1, 0.15) is 52.4 Å². The van der Waals surface area contributed by atoms with Gasteiger partial charge in [0, 0.05) is 6.42 Å². The van der Waals surface area contributed by atoms with Gasteiger partial charge in [0.15, 0.2) is 0 Å². The third-order valence-electron chi connectivity index (χ3n) is 2.26. The van der Waals surface area contributed by atoms with Crippen molar-refractivity contribution in [3.8, 4) is 0 Å². The second kappa shape index (κ2) is 5.18. The van der Waals surface area contributed by atoms with Gasteiger partial charge in [-0.15, -0.1) is 0 Å². The normalized spacial score (nSPS) is 22.2. The molecule has 0 bridgehead atoms. The van der Waals surface area contributed by atoms with Crippen LogP contribution in [0, 0.1) is 0 Å². The Hall–Kier alpha value is -0.530. The fourth-order valence-corrected chi connectivity index (χ4v) is 1.52. The van der Waals surface area contributed by atoms with E-state index in [1.807, 2.05) is 6.92 Å². The Morgan fingerprint density at radius 3 is 2.83 bits per heavy atom. The van der Waals surface area contributed by atoms with E-state index in [0.717, 1.165) is 12.1 Å². The van der Waals surface area contributed by atoms with Crippen molar-refractivity contribution in [2.24, 2.45) is 5.16 Å². The Balaban J connectivity index is 1.95. The minimum atomic E-state index is 0.391. The summed E-state index contributed by atoms with van der Waals surface area (Å²) in [5, 5.41) is 3.93. The van der Waals surface area contributed by atoms with Crippen molar-refractivity contribution in [1.82, 2.24) is 0 Å². The molecule has 0 fully saturated rings. The third-order valence-corrected chi connectivity index (χ3v) is 2.26. The first-order chi connectivity index (χ1) is 5.83. The van der Waals surface area contributed by atoms with Gasteiger partial charge in [-0.25, -0.2) is 0 Å². The number of rotatable bonds is 5. The van der Waals surface area contributed by atoms with Crippen LogP contribution >= 0.6 is 0 Å². The molecule has 2 heteroatoms. The van der Waals surface area contributed by atoms with Crippen LogP contribution in [0.25, 0.3) is 0 Å². The SMILES string of the molecule is CCCCCCC1CC(C)=NO1. The zero-order chi connectivity index (χ0) is 8.81. The highest BCUT2D eigenvalue weighted by Crippen LogP contribution is 2.16. The fourth-order valence-electron chi connectivity index (χ4n) is 1.52. The van der Waals surface area contributed by atoms with Gasteiger partial charge < -0.3 is 4.84 Å². The highest BCUT2D eigenvalue weighted by Gasteiger charge is 2.16. The maximum absolute atomic E-state index is 5.23. The van der Waals surface area contributed by atoms with E-state index in [2.05, 4.69) is 12.1 Å². The predicted octanol–water partition coefficient (Wildman–Crippen LogP) is 3.12. The van der Waals surface area contributed by atoms with Gasteiger partial charge >= 0.3 is 0 Å². The van der Waals surface area contributed by atoms with Crippen LogP contribution in [-0.4, -0.2) is 11.8 Å². The van der Waals surface area contributed by atoms with Crippen molar-refractivity contribution in [3.63, 3.8) is 0 Å². The molecule has 0 aromatic rings. The van der Waals surface area contributed by atoms with Gasteiger partial charge in [0.2, 0.25) is 0 Å². The lowest BCUT2D eigenvalue weighted by Crippen LogP contribution is -2.05. The molecule has 1 rings (SSSR count). The Labute approximate surface area is 75.0 Å². The Kier molecular flexibility index (Phi) is 4.12. The van der Waals surface area contributed by atoms with Crippen molar-refractivity contribution in [2.45, 2.75) is 58.5 Å². The largest absolute Gasteiger partial charge is 0.392 e. The minimum absolute atomic E-state index is 0.391. The number of hydrogen-bond donors (Lipinski definition) is 0. The molecular formula is C10H19NO. The molecule has 1 heterocycles. The lowest BCUT2D eigenvalue weighted by Gasteiger charge is -2.06. The van der Waals surface area contributed by atoms with Crippen molar-refractivity contribution in [1.29, 1.82) is 0 Å². The molecule has 0 aromatic heterocycles. The highest BCUT2D eigenvalue weighted by molar-refractivity contribution is 5.82. The lowest BCUT2D eigenvalue weighted by molar-refractivity contribution is 0.0770. The van der Waals surface area contributed by atoms with Crippen molar-refractivity contribution >= 4 is 5.71 Å². The third kappa shape index (κ3) is 3.24. The molecule has 0 saturated carbocycles. The second-order valence-electron chi connectivity index (χ2n) is 3.61.